The molecule has 59 heavy (non-hydrogen) atoms. The monoisotopic (exact) mass is 854 g/mol. The largest absolute Gasteiger partial charge is 0.490 e. The van der Waals surface area contributed by atoms with E-state index in [-0.39, 0.29) is 50.6 Å². The molecule has 3 N–H and O–H groups in total. The maximum Gasteiger partial charge on any atom is 0.425 e. The van der Waals surface area contributed by atoms with Gasteiger partial charge >= 0.3 is 18.3 Å². The highest BCUT2D eigenvalue weighted by molar-refractivity contribution is 7.10. The van der Waals surface area contributed by atoms with Gasteiger partial charge in [-0.3, -0.25) is 19.4 Å². The van der Waals surface area contributed by atoms with E-state index in [0.29, 0.717) is 61.2 Å². The van der Waals surface area contributed by atoms with Gasteiger partial charge in [0.15, 0.2) is 0 Å². The molecule has 17 heteroatoms. The van der Waals surface area contributed by atoms with E-state index < -0.39 is 68.9 Å². The number of halogens is 6. The summed E-state index contributed by atoms with van der Waals surface area (Å²) < 4.78 is 96.3. The number of benzene rings is 1. The van der Waals surface area contributed by atoms with E-state index in [1.165, 1.54) is 11.9 Å². The summed E-state index contributed by atoms with van der Waals surface area (Å²) in [4.78, 5) is 46.3. The third-order valence-corrected chi connectivity index (χ3v) is 12.9. The van der Waals surface area contributed by atoms with E-state index in [4.69, 9.17) is 15.2 Å². The van der Waals surface area contributed by atoms with Crippen LogP contribution in [0, 0.1) is 5.41 Å². The summed E-state index contributed by atoms with van der Waals surface area (Å²) >= 11 is 0.371. The lowest BCUT2D eigenvalue weighted by molar-refractivity contribution is -0.158. The molecule has 1 unspecified atom stereocenters. The Morgan fingerprint density at radius 3 is 2.32 bits per heavy atom. The van der Waals surface area contributed by atoms with Crippen LogP contribution in [-0.2, 0) is 27.5 Å². The molecule has 3 aromatic rings. The smallest absolute Gasteiger partial charge is 0.425 e. The van der Waals surface area contributed by atoms with Gasteiger partial charge in [0.1, 0.15) is 22.1 Å². The highest BCUT2D eigenvalue weighted by Gasteiger charge is 2.56. The van der Waals surface area contributed by atoms with Gasteiger partial charge in [0.2, 0.25) is 5.60 Å². The van der Waals surface area contributed by atoms with Crippen molar-refractivity contribution in [1.82, 2.24) is 14.8 Å². The molecule has 2 fully saturated rings. The Kier molecular flexibility index (Phi) is 14.0. The summed E-state index contributed by atoms with van der Waals surface area (Å²) in [6, 6.07) is 8.60. The Labute approximate surface area is 344 Å². The summed E-state index contributed by atoms with van der Waals surface area (Å²) in [6.45, 7) is 5.47. The topological polar surface area (TPSA) is 135 Å². The lowest BCUT2D eigenvalue weighted by atomic mass is 9.66. The van der Waals surface area contributed by atoms with Crippen LogP contribution in [0.2, 0.25) is 0 Å². The molecule has 2 amide bonds. The standard InChI is InChI=1S/C42H52F6N4O6S/c1-5-12-32-40(58-28-25-33(59-26-28)42(46,47)48,19-11-23-52(32)35(53)34-30(41(43,44)45)14-9-22-50-34)36(54)51(4)24-21-39(49,6-2)29-13-7-8-15-31(29)57-27(3)16-20-38(37(55)56)17-10-18-38/h7-9,13-15,22,25-27,32H,5-6,10-12,16-21,23-24,49H2,1-4H3,(H,55,56)/t27-,32+,39?,40-/m0/s1. The average molecular weight is 855 g/mol. The molecule has 1 saturated carbocycles. The zero-order valence-corrected chi connectivity index (χ0v) is 34.4. The number of likely N-dealkylation sites (N-methyl/N-ethyl adjacent to an activating group) is 1. The van der Waals surface area contributed by atoms with Gasteiger partial charge in [0.05, 0.1) is 23.1 Å². The van der Waals surface area contributed by atoms with Crippen LogP contribution < -0.4 is 15.2 Å². The molecule has 324 valence electrons. The van der Waals surface area contributed by atoms with Crippen LogP contribution in [0.1, 0.15) is 118 Å². The number of carbonyl (C=O) groups excluding carboxylic acids is 2. The molecule has 3 heterocycles. The van der Waals surface area contributed by atoms with Gasteiger partial charge in [-0.15, -0.1) is 11.3 Å². The Bertz CT molecular complexity index is 1950. The number of carboxylic acid groups (broad SMARTS) is 1. The molecule has 1 aliphatic carbocycles. The molecule has 0 bridgehead atoms. The van der Waals surface area contributed by atoms with Gasteiger partial charge in [-0.05, 0) is 76.5 Å². The molecule has 1 aromatic carbocycles. The Morgan fingerprint density at radius 2 is 1.73 bits per heavy atom. The number of carboxylic acids is 1. The summed E-state index contributed by atoms with van der Waals surface area (Å²) in [7, 11) is 1.49. The van der Waals surface area contributed by atoms with E-state index >= 15 is 0 Å². The number of pyridine rings is 1. The number of nitrogens with two attached hydrogens (primary N) is 1. The maximum atomic E-state index is 15.0. The molecule has 0 radical (unpaired) electrons. The average Bonchev–Trinajstić information content (AvgIpc) is 3.65. The van der Waals surface area contributed by atoms with Crippen molar-refractivity contribution in [2.45, 2.75) is 127 Å². The van der Waals surface area contributed by atoms with Crippen LogP contribution in [0.3, 0.4) is 0 Å². The number of para-hydroxylation sites is 1. The van der Waals surface area contributed by atoms with Gasteiger partial charge in [-0.1, -0.05) is 44.9 Å². The van der Waals surface area contributed by atoms with Gasteiger partial charge < -0.3 is 30.1 Å². The molecule has 4 atom stereocenters. The van der Waals surface area contributed by atoms with Crippen molar-refractivity contribution in [3.05, 3.63) is 75.7 Å². The molecule has 1 saturated heterocycles. The van der Waals surface area contributed by atoms with Crippen molar-refractivity contribution < 1.29 is 55.3 Å². The summed E-state index contributed by atoms with van der Waals surface area (Å²) in [5.41, 5.74) is 1.86. The maximum absolute atomic E-state index is 15.0. The number of rotatable bonds is 17. The summed E-state index contributed by atoms with van der Waals surface area (Å²) in [5, 5.41) is 10.9. The number of aliphatic carboxylic acids is 1. The zero-order chi connectivity index (χ0) is 43.4. The number of nitrogens with zero attached hydrogens (tertiary/aromatic N) is 3. The van der Waals surface area contributed by atoms with Crippen molar-refractivity contribution in [2.75, 3.05) is 20.1 Å². The molecular formula is C42H52F6N4O6S. The van der Waals surface area contributed by atoms with Crippen molar-refractivity contribution in [3.63, 3.8) is 0 Å². The Morgan fingerprint density at radius 1 is 1.03 bits per heavy atom. The first-order valence-corrected chi connectivity index (χ1v) is 20.8. The summed E-state index contributed by atoms with van der Waals surface area (Å²) in [5.74, 6) is -2.31. The highest BCUT2D eigenvalue weighted by atomic mass is 32.1. The van der Waals surface area contributed by atoms with E-state index in [1.807, 2.05) is 19.9 Å². The first-order valence-electron chi connectivity index (χ1n) is 19.9. The number of aromatic nitrogens is 1. The zero-order valence-electron chi connectivity index (χ0n) is 33.6. The number of amides is 2. The summed E-state index contributed by atoms with van der Waals surface area (Å²) in [6.07, 6.45) is -4.75. The number of hydrogen-bond acceptors (Lipinski definition) is 8. The quantitative estimate of drug-likeness (QED) is 0.128. The van der Waals surface area contributed by atoms with Crippen LogP contribution in [0.25, 0.3) is 0 Å². The third kappa shape index (κ3) is 9.82. The fourth-order valence-corrected chi connectivity index (χ4v) is 8.96. The van der Waals surface area contributed by atoms with Crippen LogP contribution in [-0.4, -0.2) is 75.6 Å². The minimum atomic E-state index is -4.92. The van der Waals surface area contributed by atoms with E-state index in [2.05, 4.69) is 4.98 Å². The Balaban J connectivity index is 1.44. The predicted octanol–water partition coefficient (Wildman–Crippen LogP) is 9.32. The molecule has 1 aliphatic heterocycles. The SMILES string of the molecule is CCC[C@H]1N(C(=O)c2ncccc2C(F)(F)F)CCC[C@@]1(Oc1csc(C(F)(F)F)c1)C(=O)N(C)CCC(N)(CC)c1ccccc1O[C@@H](C)CCC1(C(=O)O)CCC1. The number of alkyl halides is 6. The molecule has 2 aromatic heterocycles. The fourth-order valence-electron chi connectivity index (χ4n) is 8.28. The lowest BCUT2D eigenvalue weighted by Gasteiger charge is -2.49. The number of piperidine rings is 1. The van der Waals surface area contributed by atoms with Gasteiger partial charge in [0, 0.05) is 55.3 Å². The normalized spacial score (nSPS) is 20.9. The minimum absolute atomic E-state index is 0.0159. The van der Waals surface area contributed by atoms with Crippen molar-refractivity contribution in [2.24, 2.45) is 11.1 Å². The van der Waals surface area contributed by atoms with E-state index in [0.717, 1.165) is 41.1 Å². The van der Waals surface area contributed by atoms with Crippen LogP contribution in [0.5, 0.6) is 11.5 Å². The number of ether oxygens (including phenoxy) is 2. The van der Waals surface area contributed by atoms with Crippen molar-refractivity contribution >= 4 is 29.1 Å². The lowest BCUT2D eigenvalue weighted by Crippen LogP contribution is -2.68. The van der Waals surface area contributed by atoms with Crippen molar-refractivity contribution in [3.8, 4) is 11.5 Å². The molecule has 0 spiro atoms. The van der Waals surface area contributed by atoms with Crippen LogP contribution in [0.15, 0.2) is 54.0 Å². The van der Waals surface area contributed by atoms with Crippen LogP contribution in [0.4, 0.5) is 26.3 Å². The molecule has 5 rings (SSSR count). The first-order chi connectivity index (χ1) is 27.7. The number of hydrogen-bond donors (Lipinski definition) is 2. The molecule has 10 nitrogen and oxygen atoms in total. The second kappa shape index (κ2) is 18.1. The van der Waals surface area contributed by atoms with E-state index in [1.54, 1.807) is 25.1 Å². The van der Waals surface area contributed by atoms with Crippen LogP contribution >= 0.6 is 11.3 Å². The fraction of sp³-hybridized carbons (Fsp3) is 0.571. The predicted molar refractivity (Wildman–Crippen MR) is 209 cm³/mol. The number of likely N-dealkylation sites (tertiary alicyclic amines) is 1. The second-order valence-corrected chi connectivity index (χ2v) is 16.7. The molecule has 2 aliphatic rings. The first kappa shape index (κ1) is 45.7. The van der Waals surface area contributed by atoms with Gasteiger partial charge in [-0.25, -0.2) is 0 Å². The van der Waals surface area contributed by atoms with Crippen molar-refractivity contribution in [1.29, 1.82) is 0 Å². The molecular weight excluding hydrogens is 803 g/mol. The van der Waals surface area contributed by atoms with E-state index in [9.17, 15) is 45.8 Å². The minimum Gasteiger partial charge on any atom is -0.490 e. The second-order valence-electron chi connectivity index (χ2n) is 15.8. The van der Waals surface area contributed by atoms with Gasteiger partial charge in [-0.2, -0.15) is 26.3 Å². The highest BCUT2D eigenvalue weighted by Crippen LogP contribution is 2.46. The third-order valence-electron chi connectivity index (χ3n) is 11.9. The van der Waals surface area contributed by atoms with Gasteiger partial charge in [0.25, 0.3) is 11.8 Å². The number of carbonyl (C=O) groups is 3. The Hall–Kier alpha value is -4.38. The number of thiophene rings is 1.